The summed E-state index contributed by atoms with van der Waals surface area (Å²) < 4.78 is 6.46. The van der Waals surface area contributed by atoms with Crippen molar-refractivity contribution < 1.29 is 9.53 Å². The van der Waals surface area contributed by atoms with E-state index in [9.17, 15) is 4.79 Å². The lowest BCUT2D eigenvalue weighted by Crippen LogP contribution is -2.46. The van der Waals surface area contributed by atoms with Crippen LogP contribution in [0.3, 0.4) is 0 Å². The highest BCUT2D eigenvalue weighted by Crippen LogP contribution is 2.28. The van der Waals surface area contributed by atoms with Crippen molar-refractivity contribution in [1.82, 2.24) is 10.2 Å². The number of unbranched alkanes of at least 4 members (excludes halogenated alkanes) is 2. The molecule has 0 radical (unpaired) electrons. The fraction of sp³-hybridized carbons (Fsp3) is 0.536. The number of rotatable bonds is 11. The summed E-state index contributed by atoms with van der Waals surface area (Å²) in [5, 5.41) is 3.09. The molecule has 2 aromatic carbocycles. The van der Waals surface area contributed by atoms with E-state index in [-0.39, 0.29) is 24.1 Å². The number of nitrogens with one attached hydrogen (secondary N) is 1. The van der Waals surface area contributed by atoms with Crippen LogP contribution in [0.4, 0.5) is 0 Å². The molecule has 1 fully saturated rings. The average molecular weight is 437 g/mol. The van der Waals surface area contributed by atoms with Crippen molar-refractivity contribution >= 4 is 5.91 Å². The summed E-state index contributed by atoms with van der Waals surface area (Å²) in [5.74, 6) is 0.162. The van der Waals surface area contributed by atoms with Crippen molar-refractivity contribution in [1.29, 1.82) is 0 Å². The van der Waals surface area contributed by atoms with E-state index in [0.29, 0.717) is 13.0 Å². The summed E-state index contributed by atoms with van der Waals surface area (Å²) in [6.45, 7) is 6.89. The summed E-state index contributed by atoms with van der Waals surface area (Å²) in [4.78, 5) is 15.1. The van der Waals surface area contributed by atoms with Crippen molar-refractivity contribution in [3.05, 3.63) is 71.8 Å². The number of amides is 1. The molecule has 2 aromatic rings. The van der Waals surface area contributed by atoms with Gasteiger partial charge in [0.2, 0.25) is 5.91 Å². The molecule has 3 rings (SSSR count). The van der Waals surface area contributed by atoms with Crippen molar-refractivity contribution in [3.8, 4) is 0 Å². The smallest absolute Gasteiger partial charge is 0.221 e. The van der Waals surface area contributed by atoms with Crippen LogP contribution in [0.2, 0.25) is 0 Å². The number of ether oxygens (including phenoxy) is 1. The first-order valence-electron chi connectivity index (χ1n) is 12.4. The molecule has 1 N–H and O–H groups in total. The molecule has 0 aliphatic carbocycles. The third-order valence-electron chi connectivity index (χ3n) is 6.58. The van der Waals surface area contributed by atoms with E-state index < -0.39 is 0 Å². The summed E-state index contributed by atoms with van der Waals surface area (Å²) >= 11 is 0. The molecule has 1 heterocycles. The van der Waals surface area contributed by atoms with Crippen molar-refractivity contribution in [2.24, 2.45) is 0 Å². The van der Waals surface area contributed by atoms with Crippen LogP contribution < -0.4 is 5.32 Å². The van der Waals surface area contributed by atoms with E-state index >= 15 is 0 Å². The molecule has 1 amide bonds. The fourth-order valence-electron chi connectivity index (χ4n) is 4.71. The number of hydrogen-bond acceptors (Lipinski definition) is 3. The molecule has 3 atom stereocenters. The lowest BCUT2D eigenvalue weighted by atomic mass is 9.95. The van der Waals surface area contributed by atoms with Gasteiger partial charge in [-0.3, -0.25) is 9.69 Å². The second-order valence-corrected chi connectivity index (χ2v) is 9.04. The molecule has 4 heteroatoms. The number of nitrogens with zero attached hydrogens (tertiary/aromatic N) is 1. The maximum Gasteiger partial charge on any atom is 0.221 e. The van der Waals surface area contributed by atoms with Crippen LogP contribution in [-0.2, 0) is 16.1 Å². The Kier molecular flexibility index (Phi) is 10.2. The van der Waals surface area contributed by atoms with Crippen molar-refractivity contribution in [3.63, 3.8) is 0 Å². The van der Waals surface area contributed by atoms with E-state index in [2.05, 4.69) is 78.7 Å². The van der Waals surface area contributed by atoms with Crippen LogP contribution in [0.5, 0.6) is 0 Å². The van der Waals surface area contributed by atoms with Crippen molar-refractivity contribution in [2.45, 2.75) is 83.6 Å². The Hall–Kier alpha value is -2.17. The number of benzene rings is 2. The molecular formula is C28H40N2O2. The van der Waals surface area contributed by atoms with Gasteiger partial charge in [-0.05, 0) is 37.3 Å². The Morgan fingerprint density at radius 1 is 1.06 bits per heavy atom. The normalized spacial score (nSPS) is 19.6. The van der Waals surface area contributed by atoms with E-state index in [0.717, 1.165) is 32.4 Å². The monoisotopic (exact) mass is 436 g/mol. The highest BCUT2D eigenvalue weighted by atomic mass is 16.5. The molecular weight excluding hydrogens is 396 g/mol. The minimum atomic E-state index is 0.157. The number of carbonyl (C=O) groups is 1. The van der Waals surface area contributed by atoms with Crippen LogP contribution >= 0.6 is 0 Å². The molecule has 1 saturated heterocycles. The number of carbonyl (C=O) groups excluding carboxylic acids is 1. The Balaban J connectivity index is 1.74. The van der Waals surface area contributed by atoms with Crippen LogP contribution in [0.1, 0.15) is 76.0 Å². The Labute approximate surface area is 194 Å². The third-order valence-corrected chi connectivity index (χ3v) is 6.58. The molecule has 0 aromatic heterocycles. The van der Waals surface area contributed by atoms with Crippen LogP contribution in [0, 0.1) is 0 Å². The molecule has 1 aliphatic heterocycles. The first-order valence-corrected chi connectivity index (χ1v) is 12.4. The van der Waals surface area contributed by atoms with E-state index in [4.69, 9.17) is 4.74 Å². The lowest BCUT2D eigenvalue weighted by Gasteiger charge is -2.39. The largest absolute Gasteiger partial charge is 0.373 e. The van der Waals surface area contributed by atoms with E-state index in [1.807, 2.05) is 6.07 Å². The quantitative estimate of drug-likeness (QED) is 0.447. The summed E-state index contributed by atoms with van der Waals surface area (Å²) in [5.41, 5.74) is 2.52. The molecule has 0 spiro atoms. The van der Waals surface area contributed by atoms with Crippen molar-refractivity contribution in [2.75, 3.05) is 13.1 Å². The SMILES string of the molecule is CCCCC[C@H](C[C@H]1CC(=O)NCCCN1[C@@H](C)c1ccccc1)OCc1ccccc1. The molecule has 4 nitrogen and oxygen atoms in total. The summed E-state index contributed by atoms with van der Waals surface area (Å²) in [6.07, 6.45) is 7.20. The third kappa shape index (κ3) is 7.75. The van der Waals surface area contributed by atoms with Crippen LogP contribution in [0.15, 0.2) is 60.7 Å². The van der Waals surface area contributed by atoms with Gasteiger partial charge in [0.05, 0.1) is 12.7 Å². The number of hydrogen-bond donors (Lipinski definition) is 1. The van der Waals surface area contributed by atoms with Gasteiger partial charge >= 0.3 is 0 Å². The van der Waals surface area contributed by atoms with Gasteiger partial charge in [-0.25, -0.2) is 0 Å². The second kappa shape index (κ2) is 13.4. The maximum atomic E-state index is 12.6. The first-order chi connectivity index (χ1) is 15.7. The molecule has 0 unspecified atom stereocenters. The lowest BCUT2D eigenvalue weighted by molar-refractivity contribution is -0.123. The molecule has 0 saturated carbocycles. The second-order valence-electron chi connectivity index (χ2n) is 9.04. The molecule has 32 heavy (non-hydrogen) atoms. The van der Waals surface area contributed by atoms with Gasteiger partial charge in [0.1, 0.15) is 0 Å². The molecule has 1 aliphatic rings. The zero-order valence-electron chi connectivity index (χ0n) is 19.8. The minimum Gasteiger partial charge on any atom is -0.373 e. The van der Waals surface area contributed by atoms with E-state index in [1.54, 1.807) is 0 Å². The predicted octanol–water partition coefficient (Wildman–Crippen LogP) is 5.88. The first kappa shape index (κ1) is 24.5. The Morgan fingerprint density at radius 3 is 2.50 bits per heavy atom. The zero-order valence-corrected chi connectivity index (χ0v) is 19.8. The molecule has 174 valence electrons. The van der Waals surface area contributed by atoms with Gasteiger partial charge in [-0.2, -0.15) is 0 Å². The highest BCUT2D eigenvalue weighted by Gasteiger charge is 2.30. The Bertz CT molecular complexity index is 781. The molecule has 0 bridgehead atoms. The van der Waals surface area contributed by atoms with Gasteiger partial charge in [-0.1, -0.05) is 86.8 Å². The zero-order chi connectivity index (χ0) is 22.6. The van der Waals surface area contributed by atoms with Gasteiger partial charge < -0.3 is 10.1 Å². The maximum absolute atomic E-state index is 12.6. The van der Waals surface area contributed by atoms with Gasteiger partial charge in [0.25, 0.3) is 0 Å². The highest BCUT2D eigenvalue weighted by molar-refractivity contribution is 5.76. The standard InChI is InChI=1S/C28H40N2O2/c1-3-4-7-17-27(32-22-24-13-8-5-9-14-24)20-26-21-28(31)29-18-12-19-30(26)23(2)25-15-10-6-11-16-25/h5-6,8-11,13-16,23,26-27H,3-4,7,12,17-22H2,1-2H3,(H,29,31)/t23-,26-,27+/m0/s1. The Morgan fingerprint density at radius 2 is 1.78 bits per heavy atom. The average Bonchev–Trinajstić information content (AvgIpc) is 2.81. The topological polar surface area (TPSA) is 41.6 Å². The van der Waals surface area contributed by atoms with Gasteiger partial charge in [0, 0.05) is 31.6 Å². The fourth-order valence-corrected chi connectivity index (χ4v) is 4.71. The summed E-state index contributed by atoms with van der Waals surface area (Å²) in [7, 11) is 0. The van der Waals surface area contributed by atoms with Crippen LogP contribution in [-0.4, -0.2) is 36.0 Å². The minimum absolute atomic E-state index is 0.157. The van der Waals surface area contributed by atoms with Gasteiger partial charge in [0.15, 0.2) is 0 Å². The van der Waals surface area contributed by atoms with Crippen LogP contribution in [0.25, 0.3) is 0 Å². The summed E-state index contributed by atoms with van der Waals surface area (Å²) in [6, 6.07) is 21.5. The predicted molar refractivity (Wildman–Crippen MR) is 131 cm³/mol. The van der Waals surface area contributed by atoms with Gasteiger partial charge in [-0.15, -0.1) is 0 Å². The van der Waals surface area contributed by atoms with E-state index in [1.165, 1.54) is 30.4 Å².